The molecule has 11 nitrogen and oxygen atoms in total. The molecule has 0 bridgehead atoms. The van der Waals surface area contributed by atoms with Crippen LogP contribution in [0.3, 0.4) is 0 Å². The Morgan fingerprint density at radius 3 is 2.90 bits per heavy atom. The topological polar surface area (TPSA) is 127 Å². The highest BCUT2D eigenvalue weighted by molar-refractivity contribution is 5.66. The fourth-order valence-corrected chi connectivity index (χ4v) is 2.90. The zero-order chi connectivity index (χ0) is 20.2. The van der Waals surface area contributed by atoms with Crippen LogP contribution in [-0.2, 0) is 19.7 Å². The number of nitro groups is 1. The van der Waals surface area contributed by atoms with Crippen LogP contribution in [0.15, 0.2) is 53.5 Å². The molecule has 0 unspecified atom stereocenters. The summed E-state index contributed by atoms with van der Waals surface area (Å²) in [5.41, 5.74) is 2.13. The van der Waals surface area contributed by atoms with E-state index in [0.29, 0.717) is 36.1 Å². The minimum atomic E-state index is -0.451. The second-order valence-corrected chi connectivity index (χ2v) is 6.21. The molecule has 0 saturated carbocycles. The molecule has 0 fully saturated rings. The Kier molecular flexibility index (Phi) is 5.01. The molecule has 0 atom stereocenters. The highest BCUT2D eigenvalue weighted by Gasteiger charge is 2.17. The second-order valence-electron chi connectivity index (χ2n) is 6.21. The summed E-state index contributed by atoms with van der Waals surface area (Å²) in [6.45, 7) is 2.72. The van der Waals surface area contributed by atoms with Crippen LogP contribution in [0.25, 0.3) is 11.3 Å². The Balaban J connectivity index is 1.40. The molecule has 0 aliphatic heterocycles. The van der Waals surface area contributed by atoms with Crippen molar-refractivity contribution < 1.29 is 14.2 Å². The average Bonchev–Trinajstić information content (AvgIpc) is 3.46. The van der Waals surface area contributed by atoms with Gasteiger partial charge in [0.05, 0.1) is 12.7 Å². The Morgan fingerprint density at radius 1 is 1.24 bits per heavy atom. The van der Waals surface area contributed by atoms with Crippen molar-refractivity contribution >= 4 is 5.82 Å². The largest absolute Gasteiger partial charge is 0.486 e. The van der Waals surface area contributed by atoms with Gasteiger partial charge >= 0.3 is 5.82 Å². The van der Waals surface area contributed by atoms with Gasteiger partial charge in [0.25, 0.3) is 0 Å². The summed E-state index contributed by atoms with van der Waals surface area (Å²) in [5.74, 6) is 1.18. The molecule has 0 saturated heterocycles. The van der Waals surface area contributed by atoms with Crippen molar-refractivity contribution in [1.82, 2.24) is 29.7 Å². The van der Waals surface area contributed by atoms with E-state index < -0.39 is 4.92 Å². The molecule has 0 amide bonds. The summed E-state index contributed by atoms with van der Waals surface area (Å²) in [6, 6.07) is 9.26. The van der Waals surface area contributed by atoms with Crippen molar-refractivity contribution in [3.05, 3.63) is 70.6 Å². The molecule has 4 aromatic rings. The van der Waals surface area contributed by atoms with Crippen molar-refractivity contribution in [2.75, 3.05) is 0 Å². The lowest BCUT2D eigenvalue weighted by Gasteiger charge is -2.08. The number of nitrogens with zero attached hydrogens (tertiary/aromatic N) is 7. The van der Waals surface area contributed by atoms with Gasteiger partial charge in [-0.2, -0.15) is 0 Å². The molecule has 0 spiro atoms. The number of ether oxygens (including phenoxy) is 1. The fraction of sp³-hybridized carbons (Fsp3) is 0.222. The third-order valence-corrected chi connectivity index (χ3v) is 4.34. The van der Waals surface area contributed by atoms with Gasteiger partial charge in [0, 0.05) is 18.6 Å². The quantitative estimate of drug-likeness (QED) is 0.329. The third kappa shape index (κ3) is 3.98. The minimum absolute atomic E-state index is 0.0457. The first-order chi connectivity index (χ1) is 14.1. The van der Waals surface area contributed by atoms with Gasteiger partial charge in [-0.3, -0.25) is 0 Å². The van der Waals surface area contributed by atoms with Gasteiger partial charge in [-0.1, -0.05) is 22.5 Å². The van der Waals surface area contributed by atoms with Crippen LogP contribution in [0, 0.1) is 17.0 Å². The predicted octanol–water partition coefficient (Wildman–Crippen LogP) is 2.63. The van der Waals surface area contributed by atoms with E-state index in [1.807, 2.05) is 24.3 Å². The number of rotatable bonds is 8. The average molecular weight is 395 g/mol. The third-order valence-electron chi connectivity index (χ3n) is 4.34. The molecule has 148 valence electrons. The zero-order valence-corrected chi connectivity index (χ0v) is 15.5. The molecule has 1 aromatic carbocycles. The fourth-order valence-electron chi connectivity index (χ4n) is 2.90. The first kappa shape index (κ1) is 18.3. The number of hydrogen-bond donors (Lipinski definition) is 0. The second kappa shape index (κ2) is 7.92. The van der Waals surface area contributed by atoms with Gasteiger partial charge in [-0.25, -0.2) is 14.2 Å². The summed E-state index contributed by atoms with van der Waals surface area (Å²) in [5, 5.41) is 23.2. The van der Waals surface area contributed by atoms with Crippen LogP contribution in [0.2, 0.25) is 0 Å². The molecule has 0 N–H and O–H groups in total. The SMILES string of the molecule is Cc1ncc([N+](=O)[O-])n1CCn1cc(COc2ccccc2-c2ccon2)nn1. The van der Waals surface area contributed by atoms with Crippen LogP contribution < -0.4 is 4.74 Å². The van der Waals surface area contributed by atoms with Gasteiger partial charge < -0.3 is 19.4 Å². The molecular weight excluding hydrogens is 378 g/mol. The Morgan fingerprint density at radius 2 is 2.10 bits per heavy atom. The molecule has 0 aliphatic rings. The highest BCUT2D eigenvalue weighted by atomic mass is 16.6. The smallest absolute Gasteiger partial charge is 0.342 e. The maximum atomic E-state index is 11.1. The predicted molar refractivity (Wildman–Crippen MR) is 99.9 cm³/mol. The summed E-state index contributed by atoms with van der Waals surface area (Å²) >= 11 is 0. The minimum Gasteiger partial charge on any atom is -0.486 e. The molecule has 0 radical (unpaired) electrons. The van der Waals surface area contributed by atoms with Crippen molar-refractivity contribution in [3.8, 4) is 17.0 Å². The molecule has 3 heterocycles. The van der Waals surface area contributed by atoms with Crippen LogP contribution in [0.4, 0.5) is 5.82 Å². The van der Waals surface area contributed by atoms with Crippen LogP contribution in [0.5, 0.6) is 5.75 Å². The van der Waals surface area contributed by atoms with Crippen molar-refractivity contribution in [1.29, 1.82) is 0 Å². The number of hydrogen-bond acceptors (Lipinski definition) is 8. The maximum absolute atomic E-state index is 11.1. The Bertz CT molecular complexity index is 1120. The molecule has 29 heavy (non-hydrogen) atoms. The van der Waals surface area contributed by atoms with Gasteiger partial charge in [0.15, 0.2) is 5.82 Å². The van der Waals surface area contributed by atoms with Crippen molar-refractivity contribution in [2.24, 2.45) is 0 Å². The molecule has 4 rings (SSSR count). The van der Waals surface area contributed by atoms with E-state index in [4.69, 9.17) is 9.26 Å². The van der Waals surface area contributed by atoms with E-state index >= 15 is 0 Å². The van der Waals surface area contributed by atoms with Gasteiger partial charge in [-0.15, -0.1) is 5.10 Å². The van der Waals surface area contributed by atoms with Crippen LogP contribution >= 0.6 is 0 Å². The lowest BCUT2D eigenvalue weighted by atomic mass is 10.1. The van der Waals surface area contributed by atoms with E-state index in [1.165, 1.54) is 17.0 Å². The molecule has 11 heteroatoms. The standard InChI is InChI=1S/C18H17N7O4/c1-13-19-10-18(25(26)27)24(13)8-7-23-11-14(20-22-23)12-28-17-5-3-2-4-15(17)16-6-9-29-21-16/h2-6,9-11H,7-8,12H2,1H3. The lowest BCUT2D eigenvalue weighted by molar-refractivity contribution is -0.392. The summed E-state index contributed by atoms with van der Waals surface area (Å²) in [6.07, 6.45) is 4.50. The number of para-hydroxylation sites is 1. The van der Waals surface area contributed by atoms with Crippen LogP contribution in [0.1, 0.15) is 11.5 Å². The molecule has 0 aliphatic carbocycles. The number of aryl methyl sites for hydroxylation is 2. The maximum Gasteiger partial charge on any atom is 0.342 e. The Labute approximate surface area is 164 Å². The molecular formula is C18H17N7O4. The summed E-state index contributed by atoms with van der Waals surface area (Å²) < 4.78 is 13.9. The lowest BCUT2D eigenvalue weighted by Crippen LogP contribution is -2.11. The van der Waals surface area contributed by atoms with Gasteiger partial charge in [0.1, 0.15) is 42.7 Å². The first-order valence-electron chi connectivity index (χ1n) is 8.80. The van der Waals surface area contributed by atoms with E-state index in [1.54, 1.807) is 23.9 Å². The summed E-state index contributed by atoms with van der Waals surface area (Å²) in [7, 11) is 0. The first-order valence-corrected chi connectivity index (χ1v) is 8.80. The number of benzene rings is 1. The van der Waals surface area contributed by atoms with Crippen LogP contribution in [-0.4, -0.2) is 34.6 Å². The van der Waals surface area contributed by atoms with E-state index in [2.05, 4.69) is 20.5 Å². The van der Waals surface area contributed by atoms with Crippen molar-refractivity contribution in [3.63, 3.8) is 0 Å². The van der Waals surface area contributed by atoms with Crippen molar-refractivity contribution in [2.45, 2.75) is 26.6 Å². The highest BCUT2D eigenvalue weighted by Crippen LogP contribution is 2.28. The van der Waals surface area contributed by atoms with E-state index in [-0.39, 0.29) is 12.4 Å². The van der Waals surface area contributed by atoms with Gasteiger partial charge in [0.2, 0.25) is 0 Å². The van der Waals surface area contributed by atoms with E-state index in [0.717, 1.165) is 5.56 Å². The molecule has 3 aromatic heterocycles. The normalized spacial score (nSPS) is 10.9. The number of aromatic nitrogens is 6. The Hall–Kier alpha value is -4.02. The van der Waals surface area contributed by atoms with Gasteiger partial charge in [-0.05, 0) is 17.1 Å². The monoisotopic (exact) mass is 395 g/mol. The van der Waals surface area contributed by atoms with E-state index in [9.17, 15) is 10.1 Å². The summed E-state index contributed by atoms with van der Waals surface area (Å²) in [4.78, 5) is 14.6. The number of imidazole rings is 1. The zero-order valence-electron chi connectivity index (χ0n) is 15.5.